The Balaban J connectivity index is 2.05. The number of anilines is 2. The number of nitrogens with one attached hydrogen (secondary N) is 1. The molecule has 0 radical (unpaired) electrons. The molecule has 2 aromatic rings. The van der Waals surface area contributed by atoms with Crippen LogP contribution in [0.25, 0.3) is 0 Å². The van der Waals surface area contributed by atoms with Crippen LogP contribution in [0, 0.1) is 0 Å². The molecule has 0 saturated carbocycles. The summed E-state index contributed by atoms with van der Waals surface area (Å²) >= 11 is 2.44. The zero-order valence-corrected chi connectivity index (χ0v) is 11.6. The first-order valence-corrected chi connectivity index (χ1v) is 7.07. The molecule has 0 saturated heterocycles. The quantitative estimate of drug-likeness (QED) is 0.792. The van der Waals surface area contributed by atoms with Crippen molar-refractivity contribution < 1.29 is 14.6 Å². The van der Waals surface area contributed by atoms with Crippen molar-refractivity contribution in [3.63, 3.8) is 0 Å². The maximum Gasteiger partial charge on any atom is 0.313 e. The van der Waals surface area contributed by atoms with Crippen molar-refractivity contribution in [1.29, 1.82) is 0 Å². The first kappa shape index (κ1) is 13.6. The van der Waals surface area contributed by atoms with Crippen LogP contribution in [0.5, 0.6) is 5.75 Å². The van der Waals surface area contributed by atoms with Crippen molar-refractivity contribution >= 4 is 39.9 Å². The second-order valence-corrected chi connectivity index (χ2v) is 5.58. The van der Waals surface area contributed by atoms with Crippen molar-refractivity contribution in [1.82, 2.24) is 10.2 Å². The molecule has 8 heteroatoms. The molecule has 0 aliphatic carbocycles. The van der Waals surface area contributed by atoms with Crippen LogP contribution in [0.1, 0.15) is 0 Å². The normalized spacial score (nSPS) is 10.2. The number of para-hydroxylation sites is 2. The average molecular weight is 297 g/mol. The second kappa shape index (κ2) is 6.39. The van der Waals surface area contributed by atoms with Crippen molar-refractivity contribution in [2.45, 2.75) is 4.34 Å². The highest BCUT2D eigenvalue weighted by molar-refractivity contribution is 8.01. The molecule has 0 aliphatic rings. The topological polar surface area (TPSA) is 84.3 Å². The molecular formula is C11H11N3O3S2. The van der Waals surface area contributed by atoms with Gasteiger partial charge in [0.25, 0.3) is 0 Å². The third kappa shape index (κ3) is 3.83. The molecule has 0 aliphatic heterocycles. The number of carbonyl (C=O) groups is 1. The highest BCUT2D eigenvalue weighted by Gasteiger charge is 2.09. The van der Waals surface area contributed by atoms with E-state index in [1.54, 1.807) is 7.11 Å². The first-order valence-electron chi connectivity index (χ1n) is 5.27. The first-order chi connectivity index (χ1) is 9.19. The van der Waals surface area contributed by atoms with Gasteiger partial charge in [0.05, 0.1) is 18.6 Å². The van der Waals surface area contributed by atoms with E-state index in [9.17, 15) is 4.79 Å². The Kier molecular flexibility index (Phi) is 4.58. The predicted molar refractivity (Wildman–Crippen MR) is 74.5 cm³/mol. The summed E-state index contributed by atoms with van der Waals surface area (Å²) in [5.74, 6) is -0.194. The monoisotopic (exact) mass is 297 g/mol. The van der Waals surface area contributed by atoms with Crippen LogP contribution in [-0.2, 0) is 4.79 Å². The van der Waals surface area contributed by atoms with E-state index in [1.165, 1.54) is 11.3 Å². The number of carboxylic acids is 1. The van der Waals surface area contributed by atoms with E-state index in [0.717, 1.165) is 17.4 Å². The number of ether oxygens (including phenoxy) is 1. The molecule has 0 atom stereocenters. The molecule has 100 valence electrons. The maximum absolute atomic E-state index is 10.5. The summed E-state index contributed by atoms with van der Waals surface area (Å²) in [4.78, 5) is 10.5. The van der Waals surface area contributed by atoms with Crippen LogP contribution in [0.2, 0.25) is 0 Å². The molecular weight excluding hydrogens is 286 g/mol. The van der Waals surface area contributed by atoms with E-state index in [1.807, 2.05) is 24.3 Å². The summed E-state index contributed by atoms with van der Waals surface area (Å²) in [5, 5.41) is 20.1. The Bertz CT molecular complexity index is 574. The Hall–Kier alpha value is -1.80. The van der Waals surface area contributed by atoms with E-state index in [0.29, 0.717) is 15.2 Å². The van der Waals surface area contributed by atoms with Gasteiger partial charge in [0.2, 0.25) is 5.13 Å². The van der Waals surface area contributed by atoms with Gasteiger partial charge in [0.1, 0.15) is 5.75 Å². The molecule has 0 fully saturated rings. The molecule has 0 amide bonds. The van der Waals surface area contributed by atoms with Crippen LogP contribution in [0.4, 0.5) is 10.8 Å². The van der Waals surface area contributed by atoms with Crippen molar-refractivity contribution in [2.75, 3.05) is 18.2 Å². The van der Waals surface area contributed by atoms with E-state index >= 15 is 0 Å². The minimum absolute atomic E-state index is 0.0245. The second-order valence-electron chi connectivity index (χ2n) is 3.38. The van der Waals surface area contributed by atoms with Gasteiger partial charge >= 0.3 is 5.97 Å². The summed E-state index contributed by atoms with van der Waals surface area (Å²) in [5.41, 5.74) is 0.788. The summed E-state index contributed by atoms with van der Waals surface area (Å²) in [7, 11) is 1.59. The van der Waals surface area contributed by atoms with Crippen molar-refractivity contribution in [3.8, 4) is 5.75 Å². The number of rotatable bonds is 6. The highest BCUT2D eigenvalue weighted by Crippen LogP contribution is 2.31. The van der Waals surface area contributed by atoms with Gasteiger partial charge in [0, 0.05) is 0 Å². The highest BCUT2D eigenvalue weighted by atomic mass is 32.2. The minimum atomic E-state index is -0.876. The van der Waals surface area contributed by atoms with Gasteiger partial charge in [-0.25, -0.2) is 0 Å². The lowest BCUT2D eigenvalue weighted by molar-refractivity contribution is -0.133. The van der Waals surface area contributed by atoms with Crippen LogP contribution in [0.3, 0.4) is 0 Å². The Morgan fingerprint density at radius 3 is 3.00 bits per heavy atom. The molecule has 0 unspecified atom stereocenters. The number of aromatic nitrogens is 2. The lowest BCUT2D eigenvalue weighted by Crippen LogP contribution is -1.96. The number of aliphatic carboxylic acids is 1. The van der Waals surface area contributed by atoms with Crippen LogP contribution < -0.4 is 10.1 Å². The number of hydrogen-bond donors (Lipinski definition) is 2. The molecule has 0 bridgehead atoms. The summed E-state index contributed by atoms with van der Waals surface area (Å²) in [6, 6.07) is 7.46. The molecule has 0 spiro atoms. The fourth-order valence-electron chi connectivity index (χ4n) is 1.31. The molecule has 6 nitrogen and oxygen atoms in total. The van der Waals surface area contributed by atoms with Crippen LogP contribution >= 0.6 is 23.1 Å². The number of benzene rings is 1. The van der Waals surface area contributed by atoms with Gasteiger partial charge in [-0.15, -0.1) is 10.2 Å². The number of methoxy groups -OCH3 is 1. The summed E-state index contributed by atoms with van der Waals surface area (Å²) < 4.78 is 5.83. The Morgan fingerprint density at radius 2 is 2.26 bits per heavy atom. The van der Waals surface area contributed by atoms with Gasteiger partial charge in [-0.2, -0.15) is 0 Å². The van der Waals surface area contributed by atoms with Crippen LogP contribution in [-0.4, -0.2) is 34.1 Å². The number of hydrogen-bond acceptors (Lipinski definition) is 7. The Morgan fingerprint density at radius 1 is 1.47 bits per heavy atom. The zero-order valence-electron chi connectivity index (χ0n) is 9.99. The number of thioether (sulfide) groups is 1. The number of carboxylic acid groups (broad SMARTS) is 1. The van der Waals surface area contributed by atoms with E-state index in [4.69, 9.17) is 9.84 Å². The zero-order chi connectivity index (χ0) is 13.7. The van der Waals surface area contributed by atoms with Gasteiger partial charge in [-0.05, 0) is 12.1 Å². The van der Waals surface area contributed by atoms with Crippen molar-refractivity contribution in [2.24, 2.45) is 0 Å². The largest absolute Gasteiger partial charge is 0.495 e. The number of nitrogens with zero attached hydrogens (tertiary/aromatic N) is 2. The third-order valence-electron chi connectivity index (χ3n) is 2.07. The fourth-order valence-corrected chi connectivity index (χ4v) is 2.79. The maximum atomic E-state index is 10.5. The minimum Gasteiger partial charge on any atom is -0.495 e. The SMILES string of the molecule is COc1ccccc1Nc1nnc(SCC(=O)O)s1. The summed E-state index contributed by atoms with van der Waals surface area (Å²) in [6.07, 6.45) is 0. The molecule has 1 heterocycles. The van der Waals surface area contributed by atoms with Gasteiger partial charge in [-0.1, -0.05) is 35.2 Å². The van der Waals surface area contributed by atoms with Crippen LogP contribution in [0.15, 0.2) is 28.6 Å². The third-order valence-corrected chi connectivity index (χ3v) is 4.03. The molecule has 2 rings (SSSR count). The molecule has 2 N–H and O–H groups in total. The Labute approximate surface area is 117 Å². The van der Waals surface area contributed by atoms with E-state index in [-0.39, 0.29) is 5.75 Å². The van der Waals surface area contributed by atoms with E-state index < -0.39 is 5.97 Å². The molecule has 19 heavy (non-hydrogen) atoms. The average Bonchev–Trinajstić information content (AvgIpc) is 2.85. The molecule has 1 aromatic carbocycles. The summed E-state index contributed by atoms with van der Waals surface area (Å²) in [6.45, 7) is 0. The van der Waals surface area contributed by atoms with Gasteiger partial charge in [0.15, 0.2) is 4.34 Å². The smallest absolute Gasteiger partial charge is 0.313 e. The standard InChI is InChI=1S/C11H11N3O3S2/c1-17-8-5-3-2-4-7(8)12-10-13-14-11(19-10)18-6-9(15)16/h2-5H,6H2,1H3,(H,12,13)(H,15,16). The fraction of sp³-hybridized carbons (Fsp3) is 0.182. The van der Waals surface area contributed by atoms with Crippen molar-refractivity contribution in [3.05, 3.63) is 24.3 Å². The predicted octanol–water partition coefficient (Wildman–Crippen LogP) is 2.47. The molecule has 1 aromatic heterocycles. The van der Waals surface area contributed by atoms with Gasteiger partial charge in [-0.3, -0.25) is 4.79 Å². The van der Waals surface area contributed by atoms with E-state index in [2.05, 4.69) is 15.5 Å². The van der Waals surface area contributed by atoms with Gasteiger partial charge < -0.3 is 15.2 Å². The lowest BCUT2D eigenvalue weighted by Gasteiger charge is -2.07. The lowest BCUT2D eigenvalue weighted by atomic mass is 10.3.